The Morgan fingerprint density at radius 2 is 1.06 bits per heavy atom. The van der Waals surface area contributed by atoms with Crippen LogP contribution in [0.4, 0.5) is 0 Å². The third-order valence-electron chi connectivity index (χ3n) is 9.20. The van der Waals surface area contributed by atoms with Gasteiger partial charge in [0.1, 0.15) is 12.6 Å². The maximum atomic E-state index is 12.7. The lowest BCUT2D eigenvalue weighted by Gasteiger charge is -2.34. The van der Waals surface area contributed by atoms with Crippen LogP contribution in [0, 0.1) is 0 Å². The molecule has 2 atom stereocenters. The standard InChI is InChI=1S/C45H79NO7/c1-6-8-10-12-14-16-18-20-21-22-24-26-28-30-32-34-36-44(48)53-41(39-51-38-37-42(45(49)50)46(3,4)5)40-52-43(47)35-33-31-29-27-25-23-19-17-15-13-11-9-7-2/h8,10,14,16,20-21,23,25,41-42H,6-7,9,11-13,15,17-19,22,24,26-40H2,1-5H3/b10-8+,16-14+,21-20+,25-23+. The Kier molecular flexibility index (Phi) is 34.4. The van der Waals surface area contributed by atoms with E-state index in [1.165, 1.54) is 51.4 Å². The molecule has 0 aromatic carbocycles. The average molecular weight is 746 g/mol. The van der Waals surface area contributed by atoms with E-state index < -0.39 is 18.1 Å². The molecule has 0 saturated carbocycles. The van der Waals surface area contributed by atoms with E-state index in [1.807, 2.05) is 0 Å². The lowest BCUT2D eigenvalue weighted by atomic mass is 10.1. The molecule has 0 aliphatic heterocycles. The van der Waals surface area contributed by atoms with Gasteiger partial charge in [0.25, 0.3) is 0 Å². The summed E-state index contributed by atoms with van der Waals surface area (Å²) in [5.41, 5.74) is 0. The van der Waals surface area contributed by atoms with Crippen molar-refractivity contribution in [2.75, 3.05) is 41.0 Å². The predicted octanol–water partition coefficient (Wildman–Crippen LogP) is 9.91. The quantitative estimate of drug-likeness (QED) is 0.0270. The van der Waals surface area contributed by atoms with Crippen molar-refractivity contribution in [1.82, 2.24) is 0 Å². The Morgan fingerprint density at radius 3 is 1.60 bits per heavy atom. The summed E-state index contributed by atoms with van der Waals surface area (Å²) < 4.78 is 17.1. The number of likely N-dealkylation sites (N-methyl/N-ethyl adjacent to an activating group) is 1. The Hall–Kier alpha value is -2.71. The highest BCUT2D eigenvalue weighted by atomic mass is 16.6. The molecule has 0 amide bonds. The molecule has 0 aromatic rings. The highest BCUT2D eigenvalue weighted by Crippen LogP contribution is 2.13. The molecule has 0 saturated heterocycles. The van der Waals surface area contributed by atoms with Gasteiger partial charge in [0.2, 0.25) is 0 Å². The number of quaternary nitrogens is 1. The van der Waals surface area contributed by atoms with Gasteiger partial charge in [-0.1, -0.05) is 127 Å². The van der Waals surface area contributed by atoms with E-state index in [2.05, 4.69) is 62.5 Å². The van der Waals surface area contributed by atoms with Gasteiger partial charge in [-0.3, -0.25) is 9.59 Å². The van der Waals surface area contributed by atoms with E-state index in [0.29, 0.717) is 12.8 Å². The molecule has 0 N–H and O–H groups in total. The Labute approximate surface area is 325 Å². The van der Waals surface area contributed by atoms with Crippen molar-refractivity contribution in [2.45, 2.75) is 180 Å². The molecular formula is C45H79NO7. The number of carboxylic acid groups (broad SMARTS) is 1. The van der Waals surface area contributed by atoms with Crippen LogP contribution in [0.1, 0.15) is 168 Å². The molecule has 2 unspecified atom stereocenters. The molecule has 306 valence electrons. The zero-order valence-corrected chi connectivity index (χ0v) is 34.7. The summed E-state index contributed by atoms with van der Waals surface area (Å²) in [7, 11) is 5.39. The van der Waals surface area contributed by atoms with E-state index in [9.17, 15) is 19.5 Å². The van der Waals surface area contributed by atoms with Crippen molar-refractivity contribution >= 4 is 17.9 Å². The maximum absolute atomic E-state index is 12.7. The van der Waals surface area contributed by atoms with Crippen LogP contribution < -0.4 is 5.11 Å². The number of rotatable bonds is 37. The first kappa shape index (κ1) is 50.3. The fourth-order valence-corrected chi connectivity index (χ4v) is 5.90. The second-order valence-electron chi connectivity index (χ2n) is 15.2. The molecule has 0 aromatic heterocycles. The summed E-state index contributed by atoms with van der Waals surface area (Å²) in [5, 5.41) is 11.6. The van der Waals surface area contributed by atoms with E-state index in [1.54, 1.807) is 21.1 Å². The first-order chi connectivity index (χ1) is 25.6. The van der Waals surface area contributed by atoms with Crippen molar-refractivity contribution in [3.63, 3.8) is 0 Å². The van der Waals surface area contributed by atoms with E-state index in [0.717, 1.165) is 83.5 Å². The second kappa shape index (κ2) is 36.3. The molecule has 0 fully saturated rings. The minimum Gasteiger partial charge on any atom is -0.544 e. The lowest BCUT2D eigenvalue weighted by Crippen LogP contribution is -2.55. The zero-order valence-electron chi connectivity index (χ0n) is 34.7. The number of hydrogen-bond donors (Lipinski definition) is 0. The average Bonchev–Trinajstić information content (AvgIpc) is 3.11. The van der Waals surface area contributed by atoms with Crippen molar-refractivity contribution in [3.8, 4) is 0 Å². The van der Waals surface area contributed by atoms with Crippen LogP contribution in [-0.4, -0.2) is 75.5 Å². The van der Waals surface area contributed by atoms with Gasteiger partial charge in [0.15, 0.2) is 6.10 Å². The van der Waals surface area contributed by atoms with E-state index in [-0.39, 0.29) is 42.7 Å². The van der Waals surface area contributed by atoms with Crippen LogP contribution in [0.25, 0.3) is 0 Å². The summed E-state index contributed by atoms with van der Waals surface area (Å²) in [4.78, 5) is 36.8. The highest BCUT2D eigenvalue weighted by Gasteiger charge is 2.25. The molecular weight excluding hydrogens is 666 g/mol. The largest absolute Gasteiger partial charge is 0.544 e. The van der Waals surface area contributed by atoms with Gasteiger partial charge < -0.3 is 28.6 Å². The molecule has 8 nitrogen and oxygen atoms in total. The maximum Gasteiger partial charge on any atom is 0.306 e. The minimum atomic E-state index is -1.13. The fourth-order valence-electron chi connectivity index (χ4n) is 5.90. The molecule has 0 aliphatic carbocycles. The summed E-state index contributed by atoms with van der Waals surface area (Å²) >= 11 is 0. The van der Waals surface area contributed by atoms with E-state index in [4.69, 9.17) is 14.2 Å². The third kappa shape index (κ3) is 34.8. The number of aliphatic carboxylic acids is 1. The molecule has 0 aliphatic rings. The summed E-state index contributed by atoms with van der Waals surface area (Å²) in [6.45, 7) is 4.50. The first-order valence-corrected chi connectivity index (χ1v) is 21.2. The third-order valence-corrected chi connectivity index (χ3v) is 9.20. The molecule has 0 spiro atoms. The Bertz CT molecular complexity index is 1010. The first-order valence-electron chi connectivity index (χ1n) is 21.2. The van der Waals surface area contributed by atoms with Gasteiger partial charge in [-0.15, -0.1) is 0 Å². The number of nitrogens with zero attached hydrogens (tertiary/aromatic N) is 1. The monoisotopic (exact) mass is 746 g/mol. The number of hydrogen-bond acceptors (Lipinski definition) is 7. The number of esters is 2. The molecule has 53 heavy (non-hydrogen) atoms. The van der Waals surface area contributed by atoms with Crippen molar-refractivity contribution in [2.24, 2.45) is 0 Å². The lowest BCUT2D eigenvalue weighted by molar-refractivity contribution is -0.889. The number of carbonyl (C=O) groups is 3. The normalized spacial score (nSPS) is 13.5. The van der Waals surface area contributed by atoms with Crippen LogP contribution in [0.15, 0.2) is 48.6 Å². The number of carboxylic acids is 1. The van der Waals surface area contributed by atoms with Gasteiger partial charge in [0, 0.05) is 19.3 Å². The van der Waals surface area contributed by atoms with E-state index >= 15 is 0 Å². The van der Waals surface area contributed by atoms with Gasteiger partial charge in [-0.2, -0.15) is 0 Å². The van der Waals surface area contributed by atoms with Crippen LogP contribution in [-0.2, 0) is 28.6 Å². The summed E-state index contributed by atoms with van der Waals surface area (Å²) in [5.74, 6) is -1.78. The van der Waals surface area contributed by atoms with Gasteiger partial charge in [-0.25, -0.2) is 0 Å². The molecule has 0 bridgehead atoms. The zero-order chi connectivity index (χ0) is 39.3. The molecule has 0 rings (SSSR count). The topological polar surface area (TPSA) is 102 Å². The van der Waals surface area contributed by atoms with Crippen LogP contribution in [0.2, 0.25) is 0 Å². The number of allylic oxidation sites excluding steroid dienone is 8. The van der Waals surface area contributed by atoms with Gasteiger partial charge >= 0.3 is 11.9 Å². The molecule has 0 radical (unpaired) electrons. The Balaban J connectivity index is 4.42. The van der Waals surface area contributed by atoms with Gasteiger partial charge in [-0.05, 0) is 70.6 Å². The summed E-state index contributed by atoms with van der Waals surface area (Å²) in [6, 6.07) is -0.730. The molecule has 0 heterocycles. The van der Waals surface area contributed by atoms with Crippen molar-refractivity contribution < 1.29 is 38.2 Å². The number of unbranched alkanes of at least 4 members (excludes halogenated alkanes) is 15. The Morgan fingerprint density at radius 1 is 0.585 bits per heavy atom. The molecule has 8 heteroatoms. The predicted molar refractivity (Wildman–Crippen MR) is 217 cm³/mol. The van der Waals surface area contributed by atoms with Crippen molar-refractivity contribution in [3.05, 3.63) is 48.6 Å². The van der Waals surface area contributed by atoms with Crippen LogP contribution >= 0.6 is 0 Å². The van der Waals surface area contributed by atoms with Gasteiger partial charge in [0.05, 0.1) is 40.3 Å². The minimum absolute atomic E-state index is 0.0298. The number of ether oxygens (including phenoxy) is 3. The second-order valence-corrected chi connectivity index (χ2v) is 15.2. The highest BCUT2D eigenvalue weighted by molar-refractivity contribution is 5.70. The SMILES string of the molecule is CC/C=C/C/C=C/C/C=C/CCCCCCCCC(=O)OC(COCCC(C(=O)[O-])[N+](C)(C)C)COC(=O)CCCCC/C=C/CCCCCCCC. The van der Waals surface area contributed by atoms with Crippen molar-refractivity contribution in [1.29, 1.82) is 0 Å². The van der Waals surface area contributed by atoms with Crippen LogP contribution in [0.3, 0.4) is 0 Å². The number of carbonyl (C=O) groups excluding carboxylic acids is 3. The summed E-state index contributed by atoms with van der Waals surface area (Å²) in [6.07, 6.45) is 41.3. The van der Waals surface area contributed by atoms with Crippen LogP contribution in [0.5, 0.6) is 0 Å². The smallest absolute Gasteiger partial charge is 0.306 e. The fraction of sp³-hybridized carbons (Fsp3) is 0.756.